The Labute approximate surface area is 107 Å². The number of rotatable bonds is 1. The summed E-state index contributed by atoms with van der Waals surface area (Å²) >= 11 is 9.47. The van der Waals surface area contributed by atoms with Gasteiger partial charge in [-0.05, 0) is 12.1 Å². The number of anilines is 1. The molecular weight excluding hydrogens is 301 g/mol. The van der Waals surface area contributed by atoms with Crippen molar-refractivity contribution in [1.82, 2.24) is 10.2 Å². The van der Waals surface area contributed by atoms with E-state index in [1.54, 1.807) is 6.07 Å². The van der Waals surface area contributed by atoms with Crippen LogP contribution in [0, 0.1) is 0 Å². The molecule has 0 radical (unpaired) electrons. The Hall–Kier alpha value is -0.710. The number of aromatic amines is 1. The Kier molecular flexibility index (Phi) is 4.02. The van der Waals surface area contributed by atoms with Gasteiger partial charge in [-0.1, -0.05) is 33.6 Å². The van der Waals surface area contributed by atoms with Gasteiger partial charge in [0.25, 0.3) is 0 Å². The minimum atomic E-state index is 0. The second kappa shape index (κ2) is 4.88. The van der Waals surface area contributed by atoms with E-state index in [0.29, 0.717) is 10.8 Å². The van der Waals surface area contributed by atoms with Gasteiger partial charge < -0.3 is 5.73 Å². The maximum absolute atomic E-state index is 6.05. The average Bonchev–Trinajstić information content (AvgIpc) is 2.51. The van der Waals surface area contributed by atoms with Gasteiger partial charge in [0.05, 0.1) is 10.7 Å². The van der Waals surface area contributed by atoms with Gasteiger partial charge in [-0.15, -0.1) is 12.4 Å². The molecule has 1 aromatic carbocycles. The molecule has 2 aromatic rings. The molecule has 0 spiro atoms. The summed E-state index contributed by atoms with van der Waals surface area (Å²) in [6, 6.07) is 7.35. The third-order valence-electron chi connectivity index (χ3n) is 1.83. The predicted octanol–water partition coefficient (Wildman–Crippen LogP) is 3.50. The van der Waals surface area contributed by atoms with Crippen LogP contribution in [0.15, 0.2) is 28.7 Å². The maximum Gasteiger partial charge on any atom is 0.145 e. The van der Waals surface area contributed by atoms with Gasteiger partial charge in [0.1, 0.15) is 5.82 Å². The number of H-pyrrole nitrogens is 1. The summed E-state index contributed by atoms with van der Waals surface area (Å²) in [7, 11) is 0. The van der Waals surface area contributed by atoms with E-state index in [0.717, 1.165) is 15.7 Å². The van der Waals surface area contributed by atoms with Crippen LogP contribution in [-0.4, -0.2) is 10.2 Å². The number of nitrogens with one attached hydrogen (secondary N) is 1. The van der Waals surface area contributed by atoms with Crippen molar-refractivity contribution in [3.05, 3.63) is 33.8 Å². The van der Waals surface area contributed by atoms with Gasteiger partial charge in [-0.25, -0.2) is 0 Å². The lowest BCUT2D eigenvalue weighted by molar-refractivity contribution is 1.10. The van der Waals surface area contributed by atoms with Crippen LogP contribution in [0.3, 0.4) is 0 Å². The van der Waals surface area contributed by atoms with Crippen molar-refractivity contribution in [2.45, 2.75) is 0 Å². The molecule has 0 unspecified atom stereocenters. The highest BCUT2D eigenvalue weighted by molar-refractivity contribution is 9.10. The highest BCUT2D eigenvalue weighted by atomic mass is 79.9. The van der Waals surface area contributed by atoms with Crippen LogP contribution in [0.5, 0.6) is 0 Å². The summed E-state index contributed by atoms with van der Waals surface area (Å²) in [5, 5.41) is 7.32. The molecule has 0 aliphatic heterocycles. The first-order valence-electron chi connectivity index (χ1n) is 3.94. The SMILES string of the molecule is Cl.Nc1cc(-c2c(Cl)cccc2Br)[nH]n1. The fourth-order valence-corrected chi connectivity index (χ4v) is 2.19. The van der Waals surface area contributed by atoms with Crippen molar-refractivity contribution >= 4 is 45.8 Å². The molecular formula is C9H8BrCl2N3. The smallest absolute Gasteiger partial charge is 0.145 e. The number of nitrogens with zero attached hydrogens (tertiary/aromatic N) is 1. The third kappa shape index (κ3) is 2.45. The molecule has 0 atom stereocenters. The number of halogens is 3. The van der Waals surface area contributed by atoms with Gasteiger partial charge in [0, 0.05) is 16.1 Å². The lowest BCUT2D eigenvalue weighted by atomic mass is 10.1. The van der Waals surface area contributed by atoms with Crippen molar-refractivity contribution in [3.8, 4) is 11.3 Å². The molecule has 0 aliphatic rings. The monoisotopic (exact) mass is 307 g/mol. The third-order valence-corrected chi connectivity index (χ3v) is 2.81. The fourth-order valence-electron chi connectivity index (χ4n) is 1.22. The van der Waals surface area contributed by atoms with E-state index in [4.69, 9.17) is 17.3 Å². The van der Waals surface area contributed by atoms with E-state index in [-0.39, 0.29) is 12.4 Å². The number of nitrogens with two attached hydrogens (primary N) is 1. The van der Waals surface area contributed by atoms with Crippen molar-refractivity contribution in [2.24, 2.45) is 0 Å². The summed E-state index contributed by atoms with van der Waals surface area (Å²) in [6.45, 7) is 0. The van der Waals surface area contributed by atoms with Crippen molar-refractivity contribution in [2.75, 3.05) is 5.73 Å². The van der Waals surface area contributed by atoms with Crippen LogP contribution >= 0.6 is 39.9 Å². The number of nitrogen functional groups attached to an aromatic ring is 1. The molecule has 2 rings (SSSR count). The number of aromatic nitrogens is 2. The van der Waals surface area contributed by atoms with Crippen LogP contribution in [0.4, 0.5) is 5.82 Å². The zero-order valence-corrected chi connectivity index (χ0v) is 10.7. The summed E-state index contributed by atoms with van der Waals surface area (Å²) in [5.74, 6) is 0.451. The number of hydrogen-bond acceptors (Lipinski definition) is 2. The van der Waals surface area contributed by atoms with E-state index >= 15 is 0 Å². The summed E-state index contributed by atoms with van der Waals surface area (Å²) < 4.78 is 0.911. The van der Waals surface area contributed by atoms with Gasteiger partial charge in [-0.2, -0.15) is 5.10 Å². The Morgan fingerprint density at radius 1 is 1.40 bits per heavy atom. The van der Waals surface area contributed by atoms with Crippen LogP contribution in [-0.2, 0) is 0 Å². The highest BCUT2D eigenvalue weighted by Gasteiger charge is 2.09. The second-order valence-corrected chi connectivity index (χ2v) is 4.06. The van der Waals surface area contributed by atoms with Gasteiger partial charge >= 0.3 is 0 Å². The molecule has 1 heterocycles. The normalized spacial score (nSPS) is 9.73. The molecule has 6 heteroatoms. The minimum absolute atomic E-state index is 0. The molecule has 0 saturated heterocycles. The Bertz CT molecular complexity index is 450. The lowest BCUT2D eigenvalue weighted by Crippen LogP contribution is -1.81. The van der Waals surface area contributed by atoms with E-state index < -0.39 is 0 Å². The van der Waals surface area contributed by atoms with Gasteiger partial charge in [0.15, 0.2) is 0 Å². The number of benzene rings is 1. The molecule has 80 valence electrons. The first kappa shape index (κ1) is 12.4. The van der Waals surface area contributed by atoms with Crippen molar-refractivity contribution < 1.29 is 0 Å². The number of hydrogen-bond donors (Lipinski definition) is 2. The highest BCUT2D eigenvalue weighted by Crippen LogP contribution is 2.33. The zero-order chi connectivity index (χ0) is 10.1. The van der Waals surface area contributed by atoms with E-state index in [1.165, 1.54) is 0 Å². The quantitative estimate of drug-likeness (QED) is 0.847. The van der Waals surface area contributed by atoms with E-state index in [1.807, 2.05) is 18.2 Å². The average molecular weight is 309 g/mol. The topological polar surface area (TPSA) is 54.7 Å². The first-order chi connectivity index (χ1) is 6.68. The lowest BCUT2D eigenvalue weighted by Gasteiger charge is -2.03. The van der Waals surface area contributed by atoms with Crippen LogP contribution < -0.4 is 5.73 Å². The van der Waals surface area contributed by atoms with Crippen molar-refractivity contribution in [1.29, 1.82) is 0 Å². The minimum Gasteiger partial charge on any atom is -0.382 e. The Balaban J connectivity index is 0.00000112. The summed E-state index contributed by atoms with van der Waals surface area (Å²) in [6.07, 6.45) is 0. The molecule has 0 saturated carbocycles. The fraction of sp³-hybridized carbons (Fsp3) is 0. The van der Waals surface area contributed by atoms with Crippen LogP contribution in [0.1, 0.15) is 0 Å². The van der Waals surface area contributed by atoms with Crippen molar-refractivity contribution in [3.63, 3.8) is 0 Å². The molecule has 15 heavy (non-hydrogen) atoms. The molecule has 0 fully saturated rings. The predicted molar refractivity (Wildman–Crippen MR) is 68.4 cm³/mol. The molecule has 0 bridgehead atoms. The largest absolute Gasteiger partial charge is 0.382 e. The van der Waals surface area contributed by atoms with Gasteiger partial charge in [0.2, 0.25) is 0 Å². The molecule has 0 aliphatic carbocycles. The van der Waals surface area contributed by atoms with Crippen LogP contribution in [0.25, 0.3) is 11.3 Å². The Morgan fingerprint density at radius 3 is 2.67 bits per heavy atom. The Morgan fingerprint density at radius 2 is 2.13 bits per heavy atom. The van der Waals surface area contributed by atoms with E-state index in [9.17, 15) is 0 Å². The maximum atomic E-state index is 6.05. The van der Waals surface area contributed by atoms with Gasteiger partial charge in [-0.3, -0.25) is 5.10 Å². The summed E-state index contributed by atoms with van der Waals surface area (Å²) in [5.41, 5.74) is 7.19. The summed E-state index contributed by atoms with van der Waals surface area (Å²) in [4.78, 5) is 0. The zero-order valence-electron chi connectivity index (χ0n) is 7.50. The second-order valence-electron chi connectivity index (χ2n) is 2.80. The molecule has 1 aromatic heterocycles. The molecule has 0 amide bonds. The molecule has 3 N–H and O–H groups in total. The first-order valence-corrected chi connectivity index (χ1v) is 5.11. The molecule has 3 nitrogen and oxygen atoms in total. The van der Waals surface area contributed by atoms with Crippen LogP contribution in [0.2, 0.25) is 5.02 Å². The van der Waals surface area contributed by atoms with E-state index in [2.05, 4.69) is 26.1 Å². The standard InChI is InChI=1S/C9H7BrClN3.ClH/c10-5-2-1-3-6(11)9(5)7-4-8(12)14-13-7;/h1-4H,(H3,12,13,14);1H.